The highest BCUT2D eigenvalue weighted by atomic mass is 16.2. The van der Waals surface area contributed by atoms with Crippen molar-refractivity contribution in [3.63, 3.8) is 0 Å². The molecule has 0 saturated heterocycles. The molecule has 1 heterocycles. The molecule has 21 heavy (non-hydrogen) atoms. The lowest BCUT2D eigenvalue weighted by molar-refractivity contribution is 0.101. The van der Waals surface area contributed by atoms with E-state index in [1.165, 1.54) is 0 Å². The molecule has 1 aliphatic carbocycles. The Bertz CT molecular complexity index is 671. The van der Waals surface area contributed by atoms with E-state index >= 15 is 0 Å². The second-order valence-corrected chi connectivity index (χ2v) is 5.66. The van der Waals surface area contributed by atoms with Crippen LogP contribution in [0.25, 0.3) is 0 Å². The molecule has 1 aliphatic rings. The van der Waals surface area contributed by atoms with E-state index in [9.17, 15) is 4.79 Å². The number of carbonyl (C=O) groups is 1. The summed E-state index contributed by atoms with van der Waals surface area (Å²) >= 11 is 0. The molecule has 1 aromatic carbocycles. The van der Waals surface area contributed by atoms with Crippen molar-refractivity contribution in [3.8, 4) is 0 Å². The summed E-state index contributed by atoms with van der Waals surface area (Å²) in [6.45, 7) is 0. The highest BCUT2D eigenvalue weighted by molar-refractivity contribution is 6.05. The van der Waals surface area contributed by atoms with Crippen molar-refractivity contribution in [3.05, 3.63) is 42.2 Å². The molecule has 0 atom stereocenters. The Hall–Kier alpha value is -2.43. The highest BCUT2D eigenvalue weighted by Crippen LogP contribution is 2.37. The largest absolute Gasteiger partial charge is 0.397 e. The third kappa shape index (κ3) is 2.72. The molecule has 5 nitrogen and oxygen atoms in total. The van der Waals surface area contributed by atoms with Crippen molar-refractivity contribution in [1.29, 1.82) is 0 Å². The van der Waals surface area contributed by atoms with E-state index in [0.29, 0.717) is 17.4 Å². The number of amides is 1. The lowest BCUT2D eigenvalue weighted by atomic mass is 10.2. The lowest BCUT2D eigenvalue weighted by Gasteiger charge is -2.18. The zero-order valence-electron chi connectivity index (χ0n) is 12.3. The van der Waals surface area contributed by atoms with Crippen LogP contribution in [-0.2, 0) is 0 Å². The van der Waals surface area contributed by atoms with Crippen molar-refractivity contribution in [2.24, 2.45) is 0 Å². The number of nitrogens with zero attached hydrogens (tertiary/aromatic N) is 2. The van der Waals surface area contributed by atoms with Crippen molar-refractivity contribution in [2.75, 3.05) is 30.0 Å². The van der Waals surface area contributed by atoms with Crippen LogP contribution in [0.2, 0.25) is 0 Å². The second kappa shape index (κ2) is 5.16. The molecule has 0 spiro atoms. The molecule has 0 bridgehead atoms. The van der Waals surface area contributed by atoms with Crippen molar-refractivity contribution in [1.82, 2.24) is 4.57 Å². The molecule has 1 saturated carbocycles. The van der Waals surface area contributed by atoms with Gasteiger partial charge in [-0.25, -0.2) is 0 Å². The summed E-state index contributed by atoms with van der Waals surface area (Å²) in [4.78, 5) is 14.5. The molecule has 1 aromatic heterocycles. The lowest BCUT2D eigenvalue weighted by Crippen LogP contribution is -2.19. The fraction of sp³-hybridized carbons (Fsp3) is 0.312. The molecule has 0 aliphatic heterocycles. The number of nitrogen functional groups attached to an aromatic ring is 1. The fourth-order valence-corrected chi connectivity index (χ4v) is 2.49. The van der Waals surface area contributed by atoms with Crippen LogP contribution in [-0.4, -0.2) is 24.6 Å². The minimum Gasteiger partial charge on any atom is -0.397 e. The topological polar surface area (TPSA) is 63.3 Å². The number of aromatic nitrogens is 1. The zero-order chi connectivity index (χ0) is 15.0. The molecule has 2 aromatic rings. The quantitative estimate of drug-likeness (QED) is 0.907. The summed E-state index contributed by atoms with van der Waals surface area (Å²) in [6, 6.07) is 9.91. The average Bonchev–Trinajstić information content (AvgIpc) is 3.21. The number of benzene rings is 1. The van der Waals surface area contributed by atoms with E-state index in [-0.39, 0.29) is 5.91 Å². The number of para-hydroxylation sites is 2. The summed E-state index contributed by atoms with van der Waals surface area (Å²) < 4.78 is 1.99. The average molecular weight is 284 g/mol. The molecule has 3 N–H and O–H groups in total. The van der Waals surface area contributed by atoms with E-state index in [1.54, 1.807) is 6.07 Å². The Labute approximate surface area is 124 Å². The fourth-order valence-electron chi connectivity index (χ4n) is 2.49. The summed E-state index contributed by atoms with van der Waals surface area (Å²) in [5.41, 5.74) is 8.88. The first kappa shape index (κ1) is 13.5. The van der Waals surface area contributed by atoms with Gasteiger partial charge in [-0.15, -0.1) is 0 Å². The molecule has 0 unspecified atom stereocenters. The molecular formula is C16H20N4O. The predicted octanol–water partition coefficient (Wildman–Crippen LogP) is 2.72. The van der Waals surface area contributed by atoms with Crippen molar-refractivity contribution < 1.29 is 4.79 Å². The number of anilines is 3. The van der Waals surface area contributed by atoms with Crippen LogP contribution in [0.15, 0.2) is 36.5 Å². The molecule has 5 heteroatoms. The van der Waals surface area contributed by atoms with Gasteiger partial charge in [-0.1, -0.05) is 12.1 Å². The van der Waals surface area contributed by atoms with Gasteiger partial charge in [0.1, 0.15) is 5.69 Å². The first-order chi connectivity index (χ1) is 10.1. The van der Waals surface area contributed by atoms with E-state index in [2.05, 4.69) is 5.32 Å². The third-order valence-electron chi connectivity index (χ3n) is 3.68. The van der Waals surface area contributed by atoms with Gasteiger partial charge in [0.25, 0.3) is 5.91 Å². The normalized spacial score (nSPS) is 14.0. The smallest absolute Gasteiger partial charge is 0.272 e. The summed E-state index contributed by atoms with van der Waals surface area (Å²) in [6.07, 6.45) is 4.08. The minimum absolute atomic E-state index is 0.118. The van der Waals surface area contributed by atoms with Gasteiger partial charge in [-0.05, 0) is 31.0 Å². The van der Waals surface area contributed by atoms with Crippen molar-refractivity contribution in [2.45, 2.75) is 18.9 Å². The predicted molar refractivity (Wildman–Crippen MR) is 85.8 cm³/mol. The van der Waals surface area contributed by atoms with Crippen LogP contribution >= 0.6 is 0 Å². The highest BCUT2D eigenvalue weighted by Gasteiger charge is 2.27. The van der Waals surface area contributed by atoms with Gasteiger partial charge in [0.2, 0.25) is 0 Å². The van der Waals surface area contributed by atoms with Gasteiger partial charge >= 0.3 is 0 Å². The van der Waals surface area contributed by atoms with Crippen LogP contribution < -0.4 is 16.0 Å². The number of rotatable bonds is 4. The minimum atomic E-state index is -0.118. The van der Waals surface area contributed by atoms with E-state index in [4.69, 9.17) is 5.73 Å². The molecule has 1 amide bonds. The van der Waals surface area contributed by atoms with Gasteiger partial charge < -0.3 is 20.5 Å². The zero-order valence-corrected chi connectivity index (χ0v) is 12.3. The Morgan fingerprint density at radius 3 is 2.71 bits per heavy atom. The molecule has 0 radical (unpaired) electrons. The Morgan fingerprint density at radius 2 is 2.05 bits per heavy atom. The molecule has 3 rings (SSSR count). The number of nitrogens with one attached hydrogen (secondary N) is 1. The van der Waals surface area contributed by atoms with E-state index < -0.39 is 0 Å². The monoisotopic (exact) mass is 284 g/mol. The summed E-state index contributed by atoms with van der Waals surface area (Å²) in [5.74, 6) is -0.118. The van der Waals surface area contributed by atoms with Gasteiger partial charge in [0, 0.05) is 26.3 Å². The maximum atomic E-state index is 12.5. The third-order valence-corrected chi connectivity index (χ3v) is 3.68. The second-order valence-electron chi connectivity index (χ2n) is 5.66. The molecule has 110 valence electrons. The standard InChI is InChI=1S/C16H20N4O/c1-19(2)14-6-4-3-5-13(14)18-16(21)15-9-11(17)10-20(15)12-7-8-12/h3-6,9-10,12H,7-8,17H2,1-2H3,(H,18,21). The van der Waals surface area contributed by atoms with Crippen LogP contribution in [0, 0.1) is 0 Å². The van der Waals surface area contributed by atoms with Gasteiger partial charge in [0.15, 0.2) is 0 Å². The van der Waals surface area contributed by atoms with Gasteiger partial charge in [-0.3, -0.25) is 4.79 Å². The number of hydrogen-bond donors (Lipinski definition) is 2. The van der Waals surface area contributed by atoms with Crippen LogP contribution in [0.5, 0.6) is 0 Å². The Morgan fingerprint density at radius 1 is 1.33 bits per heavy atom. The van der Waals surface area contributed by atoms with Crippen LogP contribution in [0.3, 0.4) is 0 Å². The van der Waals surface area contributed by atoms with Crippen LogP contribution in [0.4, 0.5) is 17.1 Å². The first-order valence-electron chi connectivity index (χ1n) is 7.11. The number of hydrogen-bond acceptors (Lipinski definition) is 3. The Balaban J connectivity index is 1.87. The molecular weight excluding hydrogens is 264 g/mol. The maximum absolute atomic E-state index is 12.5. The summed E-state index contributed by atoms with van der Waals surface area (Å²) in [7, 11) is 3.91. The van der Waals surface area contributed by atoms with Gasteiger partial charge in [-0.2, -0.15) is 0 Å². The van der Waals surface area contributed by atoms with E-state index in [1.807, 2.05) is 54.0 Å². The SMILES string of the molecule is CN(C)c1ccccc1NC(=O)c1cc(N)cn1C1CC1. The van der Waals surface area contributed by atoms with E-state index in [0.717, 1.165) is 24.2 Å². The van der Waals surface area contributed by atoms with Gasteiger partial charge in [0.05, 0.1) is 17.1 Å². The Kier molecular flexibility index (Phi) is 3.33. The maximum Gasteiger partial charge on any atom is 0.272 e. The molecule has 1 fully saturated rings. The summed E-state index contributed by atoms with van der Waals surface area (Å²) in [5, 5.41) is 2.99. The number of nitrogens with two attached hydrogens (primary N) is 1. The van der Waals surface area contributed by atoms with Crippen molar-refractivity contribution >= 4 is 23.0 Å². The number of carbonyl (C=O) groups excluding carboxylic acids is 1. The first-order valence-corrected chi connectivity index (χ1v) is 7.11. The van der Waals surface area contributed by atoms with Crippen LogP contribution in [0.1, 0.15) is 29.4 Å².